The molecule has 0 radical (unpaired) electrons. The second-order valence-electron chi connectivity index (χ2n) is 3.19. The van der Waals surface area contributed by atoms with E-state index in [-0.39, 0.29) is 0 Å². The molecule has 0 bridgehead atoms. The number of hydrogen-bond acceptors (Lipinski definition) is 5. The molecule has 0 aromatic carbocycles. The highest BCUT2D eigenvalue weighted by Gasteiger charge is 2.26. The third kappa shape index (κ3) is 3.00. The van der Waals surface area contributed by atoms with Gasteiger partial charge in [-0.3, -0.25) is 0 Å². The number of ether oxygens (including phenoxy) is 2. The lowest BCUT2D eigenvalue weighted by Gasteiger charge is -2.23. The maximum absolute atomic E-state index is 6.08. The van der Waals surface area contributed by atoms with E-state index < -0.39 is 12.3 Å². The summed E-state index contributed by atoms with van der Waals surface area (Å²) >= 11 is 3.30. The second kappa shape index (κ2) is 6.29. The van der Waals surface area contributed by atoms with Gasteiger partial charge < -0.3 is 15.2 Å². The summed E-state index contributed by atoms with van der Waals surface area (Å²) in [6.45, 7) is 4.88. The Kier molecular flexibility index (Phi) is 5.33. The summed E-state index contributed by atoms with van der Waals surface area (Å²) < 4.78 is 13.1. The van der Waals surface area contributed by atoms with Crippen molar-refractivity contribution in [2.45, 2.75) is 26.2 Å². The van der Waals surface area contributed by atoms with Crippen LogP contribution in [0.3, 0.4) is 0 Å². The third-order valence-electron chi connectivity index (χ3n) is 2.10. The first-order valence-electron chi connectivity index (χ1n) is 5.15. The van der Waals surface area contributed by atoms with Crippen molar-refractivity contribution in [1.82, 2.24) is 15.0 Å². The van der Waals surface area contributed by atoms with E-state index in [0.29, 0.717) is 17.8 Å². The molecule has 92 valence electrons. The van der Waals surface area contributed by atoms with Crippen molar-refractivity contribution < 1.29 is 9.47 Å². The number of hydrogen-bond donors (Lipinski definition) is 1. The van der Waals surface area contributed by atoms with Crippen molar-refractivity contribution in [3.8, 4) is 0 Å². The average molecular weight is 293 g/mol. The minimum Gasteiger partial charge on any atom is -0.351 e. The molecule has 1 rings (SSSR count). The van der Waals surface area contributed by atoms with Crippen LogP contribution in [-0.2, 0) is 16.5 Å². The predicted octanol–water partition coefficient (Wildman–Crippen LogP) is 0.977. The fraction of sp³-hybridized carbons (Fsp3) is 0.778. The average Bonchev–Trinajstić information content (AvgIpc) is 2.57. The zero-order valence-electron chi connectivity index (χ0n) is 9.68. The molecule has 0 saturated carbocycles. The summed E-state index contributed by atoms with van der Waals surface area (Å²) in [6.07, 6.45) is -0.483. The van der Waals surface area contributed by atoms with Crippen LogP contribution in [0.2, 0.25) is 0 Å². The summed E-state index contributed by atoms with van der Waals surface area (Å²) in [5.41, 5.74) is 6.83. The number of nitrogens with two attached hydrogens (primary N) is 1. The van der Waals surface area contributed by atoms with Crippen molar-refractivity contribution in [3.05, 3.63) is 10.3 Å². The first-order valence-corrected chi connectivity index (χ1v) is 5.94. The molecule has 0 spiro atoms. The number of nitrogens with zero attached hydrogens (tertiary/aromatic N) is 3. The Morgan fingerprint density at radius 1 is 1.38 bits per heavy atom. The number of halogens is 1. The molecule has 0 aliphatic rings. The molecule has 7 heteroatoms. The topological polar surface area (TPSA) is 75.2 Å². The fourth-order valence-corrected chi connectivity index (χ4v) is 2.00. The molecule has 1 aromatic rings. The Bertz CT molecular complexity index is 306. The molecule has 1 unspecified atom stereocenters. The monoisotopic (exact) mass is 292 g/mol. The smallest absolute Gasteiger partial charge is 0.178 e. The Hall–Kier alpha value is -0.500. The number of aryl methyl sites for hydroxylation is 1. The van der Waals surface area contributed by atoms with Gasteiger partial charge in [0.1, 0.15) is 6.04 Å². The van der Waals surface area contributed by atoms with Crippen LogP contribution < -0.4 is 5.73 Å². The van der Waals surface area contributed by atoms with Crippen LogP contribution in [0.1, 0.15) is 25.6 Å². The quantitative estimate of drug-likeness (QED) is 0.791. The van der Waals surface area contributed by atoms with E-state index in [0.717, 1.165) is 5.69 Å². The van der Waals surface area contributed by atoms with Crippen LogP contribution in [-0.4, -0.2) is 34.5 Å². The molecule has 16 heavy (non-hydrogen) atoms. The highest BCUT2D eigenvalue weighted by molar-refractivity contribution is 9.10. The first kappa shape index (κ1) is 13.6. The highest BCUT2D eigenvalue weighted by atomic mass is 79.9. The van der Waals surface area contributed by atoms with Gasteiger partial charge in [-0.1, -0.05) is 5.21 Å². The summed E-state index contributed by atoms with van der Waals surface area (Å²) in [5, 5.41) is 7.75. The van der Waals surface area contributed by atoms with Gasteiger partial charge in [-0.25, -0.2) is 4.68 Å². The first-order chi connectivity index (χ1) is 7.61. The fourth-order valence-electron chi connectivity index (χ4n) is 1.41. The molecule has 1 aromatic heterocycles. The molecule has 0 saturated heterocycles. The maximum Gasteiger partial charge on any atom is 0.178 e. The lowest BCUT2D eigenvalue weighted by molar-refractivity contribution is -0.150. The highest BCUT2D eigenvalue weighted by Crippen LogP contribution is 2.23. The molecule has 2 N–H and O–H groups in total. The number of rotatable bonds is 6. The van der Waals surface area contributed by atoms with Crippen LogP contribution in [0.4, 0.5) is 0 Å². The summed E-state index contributed by atoms with van der Waals surface area (Å²) in [7, 11) is 1.78. The van der Waals surface area contributed by atoms with E-state index in [9.17, 15) is 0 Å². The predicted molar refractivity (Wildman–Crippen MR) is 62.7 cm³/mol. The largest absolute Gasteiger partial charge is 0.351 e. The zero-order valence-corrected chi connectivity index (χ0v) is 11.3. The molecular formula is C9H17BrN4O2. The molecule has 0 amide bonds. The third-order valence-corrected chi connectivity index (χ3v) is 2.66. The van der Waals surface area contributed by atoms with E-state index in [1.807, 2.05) is 13.8 Å². The standard InChI is InChI=1S/C9H17BrN4O2/c1-4-15-9(16-5-2)6(11)7-8(10)12-13-14(7)3/h6,9H,4-5,11H2,1-3H3. The molecular weight excluding hydrogens is 276 g/mol. The molecule has 0 aliphatic heterocycles. The van der Waals surface area contributed by atoms with E-state index in [2.05, 4.69) is 26.2 Å². The Balaban J connectivity index is 2.84. The van der Waals surface area contributed by atoms with E-state index >= 15 is 0 Å². The van der Waals surface area contributed by atoms with Crippen LogP contribution in [0.5, 0.6) is 0 Å². The molecule has 1 heterocycles. The van der Waals surface area contributed by atoms with Crippen molar-refractivity contribution >= 4 is 15.9 Å². The van der Waals surface area contributed by atoms with Gasteiger partial charge in [-0.2, -0.15) is 0 Å². The van der Waals surface area contributed by atoms with Gasteiger partial charge in [0.2, 0.25) is 0 Å². The summed E-state index contributed by atoms with van der Waals surface area (Å²) in [6, 6.07) is -0.422. The number of aromatic nitrogens is 3. The van der Waals surface area contributed by atoms with Crippen molar-refractivity contribution in [1.29, 1.82) is 0 Å². The normalized spacial score (nSPS) is 13.4. The van der Waals surface area contributed by atoms with Crippen LogP contribution >= 0.6 is 15.9 Å². The van der Waals surface area contributed by atoms with Crippen molar-refractivity contribution in [2.75, 3.05) is 13.2 Å². The van der Waals surface area contributed by atoms with Crippen LogP contribution in [0, 0.1) is 0 Å². The minimum atomic E-state index is -0.483. The molecule has 0 fully saturated rings. The van der Waals surface area contributed by atoms with Crippen LogP contribution in [0.15, 0.2) is 4.60 Å². The van der Waals surface area contributed by atoms with Gasteiger partial charge >= 0.3 is 0 Å². The minimum absolute atomic E-state index is 0.422. The Morgan fingerprint density at radius 3 is 2.31 bits per heavy atom. The Labute approximate surface area is 103 Å². The van der Waals surface area contributed by atoms with Gasteiger partial charge in [-0.05, 0) is 29.8 Å². The van der Waals surface area contributed by atoms with Gasteiger partial charge in [0.15, 0.2) is 10.9 Å². The summed E-state index contributed by atoms with van der Waals surface area (Å²) in [5.74, 6) is 0. The van der Waals surface area contributed by atoms with Crippen molar-refractivity contribution in [2.24, 2.45) is 12.8 Å². The second-order valence-corrected chi connectivity index (χ2v) is 3.95. The summed E-state index contributed by atoms with van der Waals surface area (Å²) in [4.78, 5) is 0. The van der Waals surface area contributed by atoms with Gasteiger partial charge in [0.05, 0.1) is 5.69 Å². The van der Waals surface area contributed by atoms with Gasteiger partial charge in [-0.15, -0.1) is 5.10 Å². The molecule has 6 nitrogen and oxygen atoms in total. The van der Waals surface area contributed by atoms with E-state index in [4.69, 9.17) is 15.2 Å². The van der Waals surface area contributed by atoms with E-state index in [1.165, 1.54) is 0 Å². The van der Waals surface area contributed by atoms with Crippen LogP contribution in [0.25, 0.3) is 0 Å². The maximum atomic E-state index is 6.08. The van der Waals surface area contributed by atoms with Gasteiger partial charge in [0, 0.05) is 20.3 Å². The lowest BCUT2D eigenvalue weighted by atomic mass is 10.2. The van der Waals surface area contributed by atoms with Gasteiger partial charge in [0.25, 0.3) is 0 Å². The zero-order chi connectivity index (χ0) is 12.1. The molecule has 0 aliphatic carbocycles. The van der Waals surface area contributed by atoms with E-state index in [1.54, 1.807) is 11.7 Å². The SMILES string of the molecule is CCOC(OCC)C(N)c1c(Br)nnn1C. The van der Waals surface area contributed by atoms with Crippen molar-refractivity contribution in [3.63, 3.8) is 0 Å². The molecule has 1 atom stereocenters. The Morgan fingerprint density at radius 2 is 1.94 bits per heavy atom. The lowest BCUT2D eigenvalue weighted by Crippen LogP contribution is -2.33.